The zero-order chi connectivity index (χ0) is 13.0. The fourth-order valence-electron chi connectivity index (χ4n) is 3.58. The molecule has 2 aliphatic rings. The molecule has 1 aliphatic carbocycles. The van der Waals surface area contributed by atoms with Gasteiger partial charge in [-0.25, -0.2) is 0 Å². The second kappa shape index (κ2) is 6.67. The second-order valence-electron chi connectivity index (χ2n) is 5.83. The van der Waals surface area contributed by atoms with Crippen LogP contribution in [0.25, 0.3) is 0 Å². The van der Waals surface area contributed by atoms with Gasteiger partial charge in [0.2, 0.25) is 0 Å². The first kappa shape index (κ1) is 14.0. The van der Waals surface area contributed by atoms with E-state index in [4.69, 9.17) is 0 Å². The quantitative estimate of drug-likeness (QED) is 0.749. The van der Waals surface area contributed by atoms with Crippen LogP contribution in [0.3, 0.4) is 0 Å². The first-order valence-electron chi connectivity index (χ1n) is 7.73. The van der Waals surface area contributed by atoms with Crippen LogP contribution in [-0.2, 0) is 4.79 Å². The highest BCUT2D eigenvalue weighted by Crippen LogP contribution is 2.24. The molecule has 2 rings (SSSR count). The van der Waals surface area contributed by atoms with Crippen LogP contribution in [0, 0.1) is 5.92 Å². The molecular weight excluding hydrogens is 224 g/mol. The predicted molar refractivity (Wildman–Crippen MR) is 74.7 cm³/mol. The van der Waals surface area contributed by atoms with Crippen molar-refractivity contribution < 1.29 is 4.79 Å². The van der Waals surface area contributed by atoms with Crippen LogP contribution in [-0.4, -0.2) is 54.3 Å². The molecule has 0 radical (unpaired) electrons. The molecule has 0 aromatic heterocycles. The van der Waals surface area contributed by atoms with Gasteiger partial charge in [0.1, 0.15) is 5.78 Å². The minimum absolute atomic E-state index is 0.342. The van der Waals surface area contributed by atoms with Gasteiger partial charge in [-0.1, -0.05) is 20.3 Å². The minimum Gasteiger partial charge on any atom is -0.301 e. The Morgan fingerprint density at radius 1 is 1.22 bits per heavy atom. The number of hydrogen-bond acceptors (Lipinski definition) is 3. The maximum atomic E-state index is 11.9. The summed E-state index contributed by atoms with van der Waals surface area (Å²) in [6.45, 7) is 10.2. The van der Waals surface area contributed by atoms with Crippen molar-refractivity contribution in [2.75, 3.05) is 32.7 Å². The van der Waals surface area contributed by atoms with Crippen LogP contribution in [0.2, 0.25) is 0 Å². The van der Waals surface area contributed by atoms with Crippen molar-refractivity contribution >= 4 is 5.78 Å². The molecule has 0 bridgehead atoms. The molecule has 1 heterocycles. The summed E-state index contributed by atoms with van der Waals surface area (Å²) in [6.07, 6.45) is 5.62. The number of likely N-dealkylation sites (tertiary alicyclic amines) is 1. The Bertz CT molecular complexity index is 276. The lowest BCUT2D eigenvalue weighted by molar-refractivity contribution is -0.125. The fourth-order valence-corrected chi connectivity index (χ4v) is 3.58. The van der Waals surface area contributed by atoms with E-state index in [-0.39, 0.29) is 0 Å². The number of likely N-dealkylation sites (N-methyl/N-ethyl adjacent to an activating group) is 1. The molecule has 2 unspecified atom stereocenters. The molecule has 1 aliphatic heterocycles. The smallest absolute Gasteiger partial charge is 0.137 e. The minimum atomic E-state index is 0.342. The van der Waals surface area contributed by atoms with E-state index in [2.05, 4.69) is 23.6 Å². The molecule has 0 N–H and O–H groups in total. The van der Waals surface area contributed by atoms with Gasteiger partial charge in [0, 0.05) is 31.5 Å². The van der Waals surface area contributed by atoms with Crippen LogP contribution >= 0.6 is 0 Å². The summed E-state index contributed by atoms with van der Waals surface area (Å²) in [5.41, 5.74) is 0. The van der Waals surface area contributed by atoms with Gasteiger partial charge >= 0.3 is 0 Å². The summed E-state index contributed by atoms with van der Waals surface area (Å²) in [5, 5.41) is 0. The van der Waals surface area contributed by atoms with E-state index in [0.29, 0.717) is 11.7 Å². The number of nitrogens with zero attached hydrogens (tertiary/aromatic N) is 2. The highest BCUT2D eigenvalue weighted by atomic mass is 16.1. The standard InChI is InChI=1S/C15H28N2O/c1-3-17(4-2)14-9-10-16(12-14)11-13-7-5-6-8-15(13)18/h13-14H,3-12H2,1-2H3. The van der Waals surface area contributed by atoms with Gasteiger partial charge in [-0.2, -0.15) is 0 Å². The maximum absolute atomic E-state index is 11.9. The van der Waals surface area contributed by atoms with Gasteiger partial charge in [-0.05, 0) is 38.9 Å². The highest BCUT2D eigenvalue weighted by Gasteiger charge is 2.30. The van der Waals surface area contributed by atoms with Crippen molar-refractivity contribution in [3.05, 3.63) is 0 Å². The summed E-state index contributed by atoms with van der Waals surface area (Å²) in [4.78, 5) is 17.0. The monoisotopic (exact) mass is 252 g/mol. The summed E-state index contributed by atoms with van der Waals surface area (Å²) >= 11 is 0. The molecule has 0 aromatic rings. The molecule has 1 saturated heterocycles. The third-order valence-corrected chi connectivity index (χ3v) is 4.74. The Labute approximate surface area is 112 Å². The maximum Gasteiger partial charge on any atom is 0.137 e. The van der Waals surface area contributed by atoms with Crippen molar-refractivity contribution in [1.29, 1.82) is 0 Å². The van der Waals surface area contributed by atoms with Gasteiger partial charge in [0.15, 0.2) is 0 Å². The van der Waals surface area contributed by atoms with Gasteiger partial charge in [-0.3, -0.25) is 9.69 Å². The summed E-state index contributed by atoms with van der Waals surface area (Å²) in [6, 6.07) is 0.721. The Kier molecular flexibility index (Phi) is 5.19. The topological polar surface area (TPSA) is 23.6 Å². The van der Waals surface area contributed by atoms with Gasteiger partial charge in [0.05, 0.1) is 0 Å². The van der Waals surface area contributed by atoms with Crippen molar-refractivity contribution in [2.24, 2.45) is 5.92 Å². The lowest BCUT2D eigenvalue weighted by Gasteiger charge is -2.28. The lowest BCUT2D eigenvalue weighted by Crippen LogP contribution is -2.39. The number of carbonyl (C=O) groups is 1. The van der Waals surface area contributed by atoms with Crippen molar-refractivity contribution in [2.45, 2.75) is 52.0 Å². The first-order chi connectivity index (χ1) is 8.74. The van der Waals surface area contributed by atoms with Gasteiger partial charge in [-0.15, -0.1) is 0 Å². The Morgan fingerprint density at radius 2 is 2.00 bits per heavy atom. The van der Waals surface area contributed by atoms with Crippen LogP contribution in [0.15, 0.2) is 0 Å². The second-order valence-corrected chi connectivity index (χ2v) is 5.83. The molecule has 3 nitrogen and oxygen atoms in total. The van der Waals surface area contributed by atoms with Crippen molar-refractivity contribution in [1.82, 2.24) is 9.80 Å². The van der Waals surface area contributed by atoms with Crippen LogP contribution in [0.4, 0.5) is 0 Å². The largest absolute Gasteiger partial charge is 0.301 e. The van der Waals surface area contributed by atoms with E-state index in [9.17, 15) is 4.79 Å². The number of ketones is 1. The summed E-state index contributed by atoms with van der Waals surface area (Å²) in [7, 11) is 0. The molecule has 3 heteroatoms. The summed E-state index contributed by atoms with van der Waals surface area (Å²) < 4.78 is 0. The molecule has 2 fully saturated rings. The number of hydrogen-bond donors (Lipinski definition) is 0. The number of carbonyl (C=O) groups excluding carboxylic acids is 1. The van der Waals surface area contributed by atoms with Crippen LogP contribution in [0.1, 0.15) is 46.0 Å². The van der Waals surface area contributed by atoms with E-state index in [1.54, 1.807) is 0 Å². The van der Waals surface area contributed by atoms with Crippen LogP contribution < -0.4 is 0 Å². The van der Waals surface area contributed by atoms with Crippen molar-refractivity contribution in [3.8, 4) is 0 Å². The number of rotatable bonds is 5. The summed E-state index contributed by atoms with van der Waals surface area (Å²) in [5.74, 6) is 0.863. The third kappa shape index (κ3) is 3.33. The van der Waals surface area contributed by atoms with Crippen LogP contribution in [0.5, 0.6) is 0 Å². The first-order valence-corrected chi connectivity index (χ1v) is 7.73. The Morgan fingerprint density at radius 3 is 2.67 bits per heavy atom. The molecule has 0 aromatic carbocycles. The van der Waals surface area contributed by atoms with E-state index in [0.717, 1.165) is 44.9 Å². The van der Waals surface area contributed by atoms with Crippen molar-refractivity contribution in [3.63, 3.8) is 0 Å². The van der Waals surface area contributed by atoms with Gasteiger partial charge in [0.25, 0.3) is 0 Å². The molecule has 0 spiro atoms. The Hall–Kier alpha value is -0.410. The molecule has 1 saturated carbocycles. The van der Waals surface area contributed by atoms with Gasteiger partial charge < -0.3 is 4.90 Å². The number of Topliss-reactive ketones (excluding diaryl/α,β-unsaturated/α-hetero) is 1. The molecule has 18 heavy (non-hydrogen) atoms. The van der Waals surface area contributed by atoms with E-state index < -0.39 is 0 Å². The average Bonchev–Trinajstić information content (AvgIpc) is 2.82. The third-order valence-electron chi connectivity index (χ3n) is 4.74. The van der Waals surface area contributed by atoms with E-state index in [1.165, 1.54) is 25.9 Å². The lowest BCUT2D eigenvalue weighted by atomic mass is 9.87. The predicted octanol–water partition coefficient (Wildman–Crippen LogP) is 2.16. The Balaban J connectivity index is 1.80. The molecular formula is C15H28N2O. The van der Waals surface area contributed by atoms with E-state index in [1.807, 2.05) is 0 Å². The molecule has 0 amide bonds. The van der Waals surface area contributed by atoms with E-state index >= 15 is 0 Å². The average molecular weight is 252 g/mol. The SMILES string of the molecule is CCN(CC)C1CCN(CC2CCCCC2=O)C1. The fraction of sp³-hybridized carbons (Fsp3) is 0.933. The molecule has 104 valence electrons. The molecule has 2 atom stereocenters. The highest BCUT2D eigenvalue weighted by molar-refractivity contribution is 5.81. The zero-order valence-electron chi connectivity index (χ0n) is 12.0. The normalized spacial score (nSPS) is 30.3. The zero-order valence-corrected chi connectivity index (χ0v) is 12.0.